The average Bonchev–Trinajstić information content (AvgIpc) is 2.29. The SMILES string of the molecule is C[P@@]1(=O)CC[C@H]2CCCC[C@H]21. The van der Waals surface area contributed by atoms with Crippen LogP contribution >= 0.6 is 7.14 Å². The van der Waals surface area contributed by atoms with Crippen LogP contribution in [0.4, 0.5) is 0 Å². The van der Waals surface area contributed by atoms with Gasteiger partial charge in [0, 0.05) is 11.8 Å². The van der Waals surface area contributed by atoms with Gasteiger partial charge < -0.3 is 4.57 Å². The highest BCUT2D eigenvalue weighted by Crippen LogP contribution is 2.61. The Hall–Kier alpha value is 0.230. The molecule has 0 aromatic carbocycles. The Kier molecular flexibility index (Phi) is 1.87. The summed E-state index contributed by atoms with van der Waals surface area (Å²) in [5.41, 5.74) is 0.635. The molecule has 2 heteroatoms. The van der Waals surface area contributed by atoms with Crippen molar-refractivity contribution in [2.45, 2.75) is 37.8 Å². The highest BCUT2D eigenvalue weighted by atomic mass is 31.2. The van der Waals surface area contributed by atoms with E-state index in [0.29, 0.717) is 5.66 Å². The Morgan fingerprint density at radius 1 is 1.18 bits per heavy atom. The summed E-state index contributed by atoms with van der Waals surface area (Å²) < 4.78 is 12.0. The van der Waals surface area contributed by atoms with Gasteiger partial charge in [-0.25, -0.2) is 0 Å². The van der Waals surface area contributed by atoms with E-state index in [4.69, 9.17) is 0 Å². The molecule has 11 heavy (non-hydrogen) atoms. The summed E-state index contributed by atoms with van der Waals surface area (Å²) in [5.74, 6) is 0.847. The number of hydrogen-bond acceptors (Lipinski definition) is 1. The van der Waals surface area contributed by atoms with Crippen LogP contribution in [-0.2, 0) is 4.57 Å². The van der Waals surface area contributed by atoms with Crippen LogP contribution in [0, 0.1) is 5.92 Å². The van der Waals surface area contributed by atoms with Gasteiger partial charge in [0.05, 0.1) is 7.14 Å². The third kappa shape index (κ3) is 1.28. The Labute approximate surface area is 68.9 Å². The van der Waals surface area contributed by atoms with E-state index in [2.05, 4.69) is 0 Å². The fraction of sp³-hybridized carbons (Fsp3) is 1.00. The van der Waals surface area contributed by atoms with Crippen LogP contribution in [0.1, 0.15) is 32.1 Å². The zero-order valence-corrected chi connectivity index (χ0v) is 8.15. The Morgan fingerprint density at radius 2 is 1.91 bits per heavy atom. The first-order valence-electron chi connectivity index (χ1n) is 4.76. The lowest BCUT2D eigenvalue weighted by atomic mass is 9.87. The van der Waals surface area contributed by atoms with Gasteiger partial charge in [-0.1, -0.05) is 12.8 Å². The van der Waals surface area contributed by atoms with Gasteiger partial charge in [-0.2, -0.15) is 0 Å². The van der Waals surface area contributed by atoms with Gasteiger partial charge in [0.15, 0.2) is 0 Å². The molecule has 3 atom stereocenters. The number of rotatable bonds is 0. The fourth-order valence-corrected chi connectivity index (χ4v) is 5.93. The van der Waals surface area contributed by atoms with E-state index in [1.165, 1.54) is 32.1 Å². The molecular formula is C9H17OP. The summed E-state index contributed by atoms with van der Waals surface area (Å²) in [7, 11) is -1.67. The number of fused-ring (bicyclic) bond motifs is 1. The second-order valence-electron chi connectivity index (χ2n) is 4.30. The zero-order chi connectivity index (χ0) is 7.90. The van der Waals surface area contributed by atoms with Gasteiger partial charge in [-0.05, 0) is 31.8 Å². The second kappa shape index (κ2) is 2.62. The minimum Gasteiger partial charge on any atom is -0.324 e. The molecule has 64 valence electrons. The van der Waals surface area contributed by atoms with E-state index in [1.807, 2.05) is 6.66 Å². The van der Waals surface area contributed by atoms with E-state index in [1.54, 1.807) is 0 Å². The largest absolute Gasteiger partial charge is 0.324 e. The van der Waals surface area contributed by atoms with Crippen molar-refractivity contribution in [2.24, 2.45) is 5.92 Å². The molecule has 1 aliphatic heterocycles. The van der Waals surface area contributed by atoms with E-state index >= 15 is 0 Å². The predicted molar refractivity (Wildman–Crippen MR) is 48.8 cm³/mol. The molecule has 1 saturated heterocycles. The predicted octanol–water partition coefficient (Wildman–Crippen LogP) is 2.94. The molecule has 0 N–H and O–H groups in total. The molecule has 0 aromatic heterocycles. The number of hydrogen-bond donors (Lipinski definition) is 0. The first kappa shape index (κ1) is 7.86. The van der Waals surface area contributed by atoms with Crippen LogP contribution in [0.3, 0.4) is 0 Å². The molecule has 1 nitrogen and oxygen atoms in total. The summed E-state index contributed by atoms with van der Waals surface area (Å²) in [4.78, 5) is 0. The monoisotopic (exact) mass is 172 g/mol. The Bertz CT molecular complexity index is 200. The van der Waals surface area contributed by atoms with Crippen molar-refractivity contribution < 1.29 is 4.57 Å². The van der Waals surface area contributed by atoms with Crippen LogP contribution in [0.2, 0.25) is 0 Å². The topological polar surface area (TPSA) is 17.1 Å². The fourth-order valence-electron chi connectivity index (χ4n) is 2.83. The van der Waals surface area contributed by atoms with Crippen LogP contribution in [0.15, 0.2) is 0 Å². The lowest BCUT2D eigenvalue weighted by molar-refractivity contribution is 0.372. The molecule has 2 aliphatic rings. The molecule has 0 aromatic rings. The van der Waals surface area contributed by atoms with Crippen LogP contribution in [0.25, 0.3) is 0 Å². The van der Waals surface area contributed by atoms with Gasteiger partial charge in [-0.3, -0.25) is 0 Å². The molecule has 2 fully saturated rings. The molecule has 0 bridgehead atoms. The van der Waals surface area contributed by atoms with Crippen molar-refractivity contribution in [3.8, 4) is 0 Å². The molecule has 0 unspecified atom stereocenters. The summed E-state index contributed by atoms with van der Waals surface area (Å²) in [6.45, 7) is 2.03. The van der Waals surface area contributed by atoms with Crippen LogP contribution in [0.5, 0.6) is 0 Å². The van der Waals surface area contributed by atoms with Crippen molar-refractivity contribution in [2.75, 3.05) is 12.8 Å². The maximum atomic E-state index is 12.0. The quantitative estimate of drug-likeness (QED) is 0.513. The molecule has 1 heterocycles. The Balaban J connectivity index is 2.17. The molecule has 1 saturated carbocycles. The van der Waals surface area contributed by atoms with E-state index < -0.39 is 7.14 Å². The maximum absolute atomic E-state index is 12.0. The lowest BCUT2D eigenvalue weighted by Crippen LogP contribution is -2.18. The molecule has 1 aliphatic carbocycles. The van der Waals surface area contributed by atoms with E-state index in [9.17, 15) is 4.57 Å². The van der Waals surface area contributed by atoms with E-state index in [0.717, 1.165) is 12.1 Å². The smallest absolute Gasteiger partial charge is 0.0880 e. The van der Waals surface area contributed by atoms with Gasteiger partial charge in [-0.15, -0.1) is 0 Å². The van der Waals surface area contributed by atoms with Gasteiger partial charge >= 0.3 is 0 Å². The van der Waals surface area contributed by atoms with Gasteiger partial charge in [0.25, 0.3) is 0 Å². The van der Waals surface area contributed by atoms with Crippen molar-refractivity contribution in [1.29, 1.82) is 0 Å². The molecule has 0 amide bonds. The summed E-state index contributed by atoms with van der Waals surface area (Å²) in [6, 6.07) is 0. The molecule has 0 spiro atoms. The van der Waals surface area contributed by atoms with Gasteiger partial charge in [0.2, 0.25) is 0 Å². The minimum atomic E-state index is -1.67. The van der Waals surface area contributed by atoms with Crippen LogP contribution < -0.4 is 0 Å². The second-order valence-corrected chi connectivity index (χ2v) is 7.76. The third-order valence-corrected chi connectivity index (χ3v) is 6.74. The first-order valence-corrected chi connectivity index (χ1v) is 7.17. The molecule has 2 rings (SSSR count). The van der Waals surface area contributed by atoms with E-state index in [-0.39, 0.29) is 0 Å². The summed E-state index contributed by atoms with van der Waals surface area (Å²) in [6.07, 6.45) is 7.65. The third-order valence-electron chi connectivity index (χ3n) is 3.51. The maximum Gasteiger partial charge on any atom is 0.0880 e. The van der Waals surface area contributed by atoms with Crippen molar-refractivity contribution in [1.82, 2.24) is 0 Å². The average molecular weight is 172 g/mol. The van der Waals surface area contributed by atoms with Crippen molar-refractivity contribution >= 4 is 7.14 Å². The zero-order valence-electron chi connectivity index (χ0n) is 7.25. The molecular weight excluding hydrogens is 155 g/mol. The van der Waals surface area contributed by atoms with Crippen LogP contribution in [-0.4, -0.2) is 18.5 Å². The summed E-state index contributed by atoms with van der Waals surface area (Å²) >= 11 is 0. The molecule has 0 radical (unpaired) electrons. The van der Waals surface area contributed by atoms with Crippen molar-refractivity contribution in [3.05, 3.63) is 0 Å². The first-order chi connectivity index (χ1) is 5.20. The van der Waals surface area contributed by atoms with Gasteiger partial charge in [0.1, 0.15) is 0 Å². The minimum absolute atomic E-state index is 0.635. The standard InChI is InChI=1S/C9H17OP/c1-11(10)7-6-8-4-2-3-5-9(8)11/h8-9H,2-7H2,1H3/t8-,9-,11-/m1/s1. The van der Waals surface area contributed by atoms with Crippen molar-refractivity contribution in [3.63, 3.8) is 0 Å². The highest BCUT2D eigenvalue weighted by Gasteiger charge is 2.41. The summed E-state index contributed by atoms with van der Waals surface area (Å²) in [5, 5.41) is 0. The Morgan fingerprint density at radius 3 is 2.64 bits per heavy atom. The normalized spacial score (nSPS) is 50.6. The lowest BCUT2D eigenvalue weighted by Gasteiger charge is -2.27. The highest BCUT2D eigenvalue weighted by molar-refractivity contribution is 7.64.